The summed E-state index contributed by atoms with van der Waals surface area (Å²) in [6.07, 6.45) is 3.27. The number of nitrogens with one attached hydrogen (secondary N) is 1. The molecule has 4 rings (SSSR count). The van der Waals surface area contributed by atoms with Crippen LogP contribution in [0.1, 0.15) is 65.2 Å². The predicted octanol–water partition coefficient (Wildman–Crippen LogP) is 3.71. The van der Waals surface area contributed by atoms with Crippen LogP contribution in [0, 0.1) is 6.92 Å². The number of aromatic nitrogens is 1. The van der Waals surface area contributed by atoms with Gasteiger partial charge in [-0.25, -0.2) is 13.4 Å². The van der Waals surface area contributed by atoms with Gasteiger partial charge in [0.25, 0.3) is 5.91 Å². The summed E-state index contributed by atoms with van der Waals surface area (Å²) < 4.78 is 36.1. The number of hydrogen-bond donors (Lipinski definition) is 2. The highest BCUT2D eigenvalue weighted by molar-refractivity contribution is 7.69. The lowest BCUT2D eigenvalue weighted by molar-refractivity contribution is -0.140. The Kier molecular flexibility index (Phi) is 8.05. The van der Waals surface area contributed by atoms with Crippen molar-refractivity contribution < 1.29 is 27.2 Å². The quantitative estimate of drug-likeness (QED) is 0.228. The van der Waals surface area contributed by atoms with Crippen molar-refractivity contribution in [1.82, 2.24) is 14.6 Å². The van der Waals surface area contributed by atoms with E-state index in [1.807, 2.05) is 37.3 Å². The van der Waals surface area contributed by atoms with Crippen molar-refractivity contribution in [3.8, 4) is 11.3 Å². The molecule has 1 aliphatic carbocycles. The van der Waals surface area contributed by atoms with Gasteiger partial charge in [-0.1, -0.05) is 29.8 Å². The van der Waals surface area contributed by atoms with Crippen molar-refractivity contribution in [3.05, 3.63) is 52.7 Å². The molecule has 2 aromatic heterocycles. The molecular weight excluding hydrogens is 482 g/mol. The van der Waals surface area contributed by atoms with Gasteiger partial charge in [-0.05, 0) is 50.2 Å². The fourth-order valence-corrected chi connectivity index (χ4v) is 4.82. The third kappa shape index (κ3) is 5.76. The van der Waals surface area contributed by atoms with Gasteiger partial charge in [0.05, 0.1) is 30.3 Å². The molecule has 9 nitrogen and oxygen atoms in total. The SMILES string of the molecule is CNC(=O)c1c(-c2ccc(C)cc2)oc2nc(CN(CCCCC(=O)OC)[SH](=O)=O)c(C3CC3)cc12. The number of ether oxygens (including phenoxy) is 1. The highest BCUT2D eigenvalue weighted by Gasteiger charge is 2.31. The van der Waals surface area contributed by atoms with Crippen LogP contribution in [-0.2, 0) is 27.0 Å². The van der Waals surface area contributed by atoms with Gasteiger partial charge in [0.15, 0.2) is 0 Å². The molecule has 3 aromatic rings. The van der Waals surface area contributed by atoms with Crippen LogP contribution in [0.2, 0.25) is 0 Å². The van der Waals surface area contributed by atoms with Crippen LogP contribution in [0.15, 0.2) is 34.7 Å². The average Bonchev–Trinajstić information content (AvgIpc) is 3.65. The third-order valence-corrected chi connectivity index (χ3v) is 7.22. The zero-order chi connectivity index (χ0) is 25.8. The molecular formula is C26H31N3O6S. The Morgan fingerprint density at radius 3 is 2.53 bits per heavy atom. The van der Waals surface area contributed by atoms with Crippen molar-refractivity contribution in [2.24, 2.45) is 0 Å². The van der Waals surface area contributed by atoms with Crippen molar-refractivity contribution in [1.29, 1.82) is 0 Å². The molecule has 1 N–H and O–H groups in total. The smallest absolute Gasteiger partial charge is 0.305 e. The second kappa shape index (κ2) is 11.2. The summed E-state index contributed by atoms with van der Waals surface area (Å²) in [7, 11) is 0.0597. The minimum atomic E-state index is -2.85. The summed E-state index contributed by atoms with van der Waals surface area (Å²) in [4.78, 5) is 29.0. The zero-order valence-electron chi connectivity index (χ0n) is 20.7. The molecule has 0 atom stereocenters. The Labute approximate surface area is 211 Å². The molecule has 0 bridgehead atoms. The second-order valence-electron chi connectivity index (χ2n) is 9.06. The van der Waals surface area contributed by atoms with E-state index in [2.05, 4.69) is 10.1 Å². The Bertz CT molecular complexity index is 1330. The minimum absolute atomic E-state index is 0.106. The number of aryl methyl sites for hydroxylation is 1. The number of carbonyl (C=O) groups excluding carboxylic acids is 2. The van der Waals surface area contributed by atoms with E-state index in [9.17, 15) is 18.0 Å². The van der Waals surface area contributed by atoms with E-state index in [0.29, 0.717) is 41.0 Å². The number of rotatable bonds is 11. The summed E-state index contributed by atoms with van der Waals surface area (Å²) in [5.74, 6) is 0.129. The fourth-order valence-electron chi connectivity index (χ4n) is 4.26. The molecule has 0 saturated heterocycles. The summed E-state index contributed by atoms with van der Waals surface area (Å²) >= 11 is 0. The Morgan fingerprint density at radius 1 is 1.19 bits per heavy atom. The number of thiol groups is 1. The molecule has 36 heavy (non-hydrogen) atoms. The molecule has 192 valence electrons. The van der Waals surface area contributed by atoms with E-state index in [-0.39, 0.29) is 37.3 Å². The summed E-state index contributed by atoms with van der Waals surface area (Å²) in [6.45, 7) is 2.37. The number of esters is 1. The van der Waals surface area contributed by atoms with Crippen LogP contribution in [0.5, 0.6) is 0 Å². The lowest BCUT2D eigenvalue weighted by Crippen LogP contribution is -2.24. The van der Waals surface area contributed by atoms with Crippen molar-refractivity contribution >= 4 is 33.9 Å². The van der Waals surface area contributed by atoms with Crippen molar-refractivity contribution in [3.63, 3.8) is 0 Å². The second-order valence-corrected chi connectivity index (χ2v) is 10.1. The molecule has 2 heterocycles. The van der Waals surface area contributed by atoms with E-state index in [1.54, 1.807) is 7.05 Å². The number of pyridine rings is 1. The van der Waals surface area contributed by atoms with E-state index in [0.717, 1.165) is 29.5 Å². The highest BCUT2D eigenvalue weighted by Crippen LogP contribution is 2.44. The van der Waals surface area contributed by atoms with Crippen molar-refractivity contribution in [2.75, 3.05) is 20.7 Å². The molecule has 0 unspecified atom stereocenters. The number of methoxy groups -OCH3 is 1. The van der Waals surface area contributed by atoms with Crippen LogP contribution in [-0.4, -0.2) is 50.3 Å². The van der Waals surface area contributed by atoms with Gasteiger partial charge < -0.3 is 14.5 Å². The lowest BCUT2D eigenvalue weighted by atomic mass is 10.0. The first-order valence-electron chi connectivity index (χ1n) is 12.0. The first-order chi connectivity index (χ1) is 17.3. The molecule has 1 saturated carbocycles. The first kappa shape index (κ1) is 25.8. The Balaban J connectivity index is 1.70. The maximum absolute atomic E-state index is 12.9. The number of nitrogens with zero attached hydrogens (tertiary/aromatic N) is 2. The van der Waals surface area contributed by atoms with Crippen LogP contribution in [0.4, 0.5) is 0 Å². The number of furan rings is 1. The highest BCUT2D eigenvalue weighted by atomic mass is 32.2. The first-order valence-corrected chi connectivity index (χ1v) is 13.2. The molecule has 1 aliphatic rings. The van der Waals surface area contributed by atoms with Crippen LogP contribution in [0.3, 0.4) is 0 Å². The Morgan fingerprint density at radius 2 is 1.92 bits per heavy atom. The number of carbonyl (C=O) groups is 2. The molecule has 10 heteroatoms. The lowest BCUT2D eigenvalue weighted by Gasteiger charge is -2.17. The number of hydrogen-bond acceptors (Lipinski definition) is 7. The van der Waals surface area contributed by atoms with Gasteiger partial charge in [0.2, 0.25) is 16.6 Å². The zero-order valence-corrected chi connectivity index (χ0v) is 21.6. The fraction of sp³-hybridized carbons (Fsp3) is 0.423. The number of fused-ring (bicyclic) bond motifs is 1. The predicted molar refractivity (Wildman–Crippen MR) is 136 cm³/mol. The molecule has 1 amide bonds. The summed E-state index contributed by atoms with van der Waals surface area (Å²) in [6, 6.07) is 9.65. The molecule has 1 aromatic carbocycles. The van der Waals surface area contributed by atoms with Crippen LogP contribution >= 0.6 is 0 Å². The maximum Gasteiger partial charge on any atom is 0.305 e. The molecule has 0 aliphatic heterocycles. The summed E-state index contributed by atoms with van der Waals surface area (Å²) in [5, 5.41) is 3.32. The van der Waals surface area contributed by atoms with Gasteiger partial charge in [-0.2, -0.15) is 4.31 Å². The van der Waals surface area contributed by atoms with Gasteiger partial charge in [-0.15, -0.1) is 0 Å². The minimum Gasteiger partial charge on any atom is -0.469 e. The monoisotopic (exact) mass is 513 g/mol. The summed E-state index contributed by atoms with van der Waals surface area (Å²) in [5.41, 5.74) is 4.15. The van der Waals surface area contributed by atoms with E-state index in [4.69, 9.17) is 9.40 Å². The van der Waals surface area contributed by atoms with E-state index >= 15 is 0 Å². The van der Waals surface area contributed by atoms with E-state index in [1.165, 1.54) is 11.4 Å². The standard InChI is InChI=1S/C26H31N3O6S/c1-16-7-9-18(10-8-16)24-23(25(31)27-2)20-14-19(17-11-12-17)21(28-26(20)35-24)15-29(36(32)33)13-5-4-6-22(30)34-3/h7-10,14,17,36H,4-6,11-13,15H2,1-3H3,(H,27,31). The van der Waals surface area contributed by atoms with Gasteiger partial charge >= 0.3 is 5.97 Å². The topological polar surface area (TPSA) is 119 Å². The number of benzene rings is 1. The van der Waals surface area contributed by atoms with Gasteiger partial charge in [0.1, 0.15) is 5.76 Å². The molecule has 0 radical (unpaired) electrons. The third-order valence-electron chi connectivity index (χ3n) is 6.42. The van der Waals surface area contributed by atoms with Gasteiger partial charge in [0, 0.05) is 25.6 Å². The van der Waals surface area contributed by atoms with Crippen molar-refractivity contribution in [2.45, 2.75) is 51.5 Å². The average molecular weight is 514 g/mol. The Hall–Kier alpha value is -3.24. The van der Waals surface area contributed by atoms with Crippen LogP contribution in [0.25, 0.3) is 22.4 Å². The largest absolute Gasteiger partial charge is 0.469 e. The normalized spacial score (nSPS) is 13.5. The number of unbranched alkanes of at least 4 members (excludes halogenated alkanes) is 1. The molecule has 0 spiro atoms. The number of amides is 1. The maximum atomic E-state index is 12.9. The van der Waals surface area contributed by atoms with Crippen LogP contribution < -0.4 is 5.32 Å². The molecule has 1 fully saturated rings. The van der Waals surface area contributed by atoms with Gasteiger partial charge in [-0.3, -0.25) is 9.59 Å². The van der Waals surface area contributed by atoms with E-state index < -0.39 is 10.9 Å².